The normalized spacial score (nSPS) is 45.5. The number of aromatic nitrogens is 1. The molecule has 3 nitrogen and oxygen atoms in total. The van der Waals surface area contributed by atoms with Crippen LogP contribution in [-0.4, -0.2) is 10.4 Å². The van der Waals surface area contributed by atoms with Crippen molar-refractivity contribution >= 4 is 22.4 Å². The number of nitrogens with zero attached hydrogens (tertiary/aromatic N) is 1. The molecule has 3 saturated carbocycles. The second kappa shape index (κ2) is 2.67. The maximum atomic E-state index is 5.62. The Morgan fingerprint density at radius 1 is 1.33 bits per heavy atom. The molecule has 0 amide bonds. The zero-order valence-corrected chi connectivity index (χ0v) is 9.33. The minimum atomic E-state index is 0.649. The maximum Gasteiger partial charge on any atom is 0.139 e. The Hall–Kier alpha value is -0.770. The predicted octanol–water partition coefficient (Wildman–Crippen LogP) is 2.18. The number of rotatable bonds is 2. The summed E-state index contributed by atoms with van der Waals surface area (Å²) >= 11 is 1.49. The van der Waals surface area contributed by atoms with Gasteiger partial charge in [-0.15, -0.1) is 0 Å². The lowest BCUT2D eigenvalue weighted by atomic mass is 10.0. The number of hydrogen-bond acceptors (Lipinski definition) is 4. The molecule has 3 N–H and O–H groups in total. The second-order valence-corrected chi connectivity index (χ2v) is 6.08. The molecule has 1 aromatic rings. The third kappa shape index (κ3) is 1.08. The molecule has 3 aliphatic carbocycles. The Labute approximate surface area is 93.2 Å². The molecule has 4 heteroatoms. The van der Waals surface area contributed by atoms with E-state index in [0.717, 1.165) is 34.7 Å². The number of anilines is 2. The van der Waals surface area contributed by atoms with Crippen molar-refractivity contribution < 1.29 is 0 Å². The van der Waals surface area contributed by atoms with Crippen molar-refractivity contribution in [2.45, 2.75) is 25.3 Å². The van der Waals surface area contributed by atoms with Gasteiger partial charge < -0.3 is 11.1 Å². The van der Waals surface area contributed by atoms with E-state index in [1.54, 1.807) is 0 Å². The molecule has 4 atom stereocenters. The van der Waals surface area contributed by atoms with Gasteiger partial charge in [0.05, 0.1) is 0 Å². The van der Waals surface area contributed by atoms with Crippen LogP contribution in [0.2, 0.25) is 0 Å². The SMILES string of the molecule is Nc1cc(NC2C3C4CCC(C4)C23)sn1. The van der Waals surface area contributed by atoms with E-state index >= 15 is 0 Å². The van der Waals surface area contributed by atoms with Crippen molar-refractivity contribution in [3.05, 3.63) is 6.07 Å². The van der Waals surface area contributed by atoms with Gasteiger partial charge in [0.15, 0.2) is 0 Å². The topological polar surface area (TPSA) is 50.9 Å². The zero-order chi connectivity index (χ0) is 9.99. The quantitative estimate of drug-likeness (QED) is 0.804. The number of fused-ring (bicyclic) bond motifs is 5. The smallest absolute Gasteiger partial charge is 0.139 e. The van der Waals surface area contributed by atoms with E-state index in [2.05, 4.69) is 9.69 Å². The van der Waals surface area contributed by atoms with Crippen molar-refractivity contribution in [2.24, 2.45) is 23.7 Å². The Kier molecular flexibility index (Phi) is 1.49. The highest BCUT2D eigenvalue weighted by atomic mass is 32.1. The lowest BCUT2D eigenvalue weighted by Crippen LogP contribution is -2.11. The van der Waals surface area contributed by atoms with E-state index in [1.165, 1.54) is 30.8 Å². The Morgan fingerprint density at radius 2 is 2.07 bits per heavy atom. The van der Waals surface area contributed by atoms with Gasteiger partial charge >= 0.3 is 0 Å². The molecular formula is C11H15N3S. The van der Waals surface area contributed by atoms with Gasteiger partial charge in [-0.1, -0.05) is 0 Å². The fourth-order valence-electron chi connectivity index (χ4n) is 4.04. The molecule has 0 aliphatic heterocycles. The minimum absolute atomic E-state index is 0.649. The molecule has 4 rings (SSSR count). The second-order valence-electron chi connectivity index (χ2n) is 5.27. The monoisotopic (exact) mass is 221 g/mol. The third-order valence-electron chi connectivity index (χ3n) is 4.57. The number of nitrogens with two attached hydrogens (primary N) is 1. The van der Waals surface area contributed by atoms with Crippen molar-refractivity contribution in [2.75, 3.05) is 11.1 Å². The summed E-state index contributed by atoms with van der Waals surface area (Å²) in [5.41, 5.74) is 5.62. The molecule has 15 heavy (non-hydrogen) atoms. The van der Waals surface area contributed by atoms with Crippen molar-refractivity contribution in [3.8, 4) is 0 Å². The van der Waals surface area contributed by atoms with Crippen LogP contribution in [0, 0.1) is 23.7 Å². The van der Waals surface area contributed by atoms with E-state index < -0.39 is 0 Å². The molecule has 4 unspecified atom stereocenters. The summed E-state index contributed by atoms with van der Waals surface area (Å²) in [6.07, 6.45) is 4.47. The lowest BCUT2D eigenvalue weighted by Gasteiger charge is -2.09. The van der Waals surface area contributed by atoms with Crippen LogP contribution in [0.3, 0.4) is 0 Å². The first-order chi connectivity index (χ1) is 7.33. The van der Waals surface area contributed by atoms with E-state index in [1.807, 2.05) is 6.07 Å². The van der Waals surface area contributed by atoms with Crippen LogP contribution in [0.4, 0.5) is 10.8 Å². The molecular weight excluding hydrogens is 206 g/mol. The van der Waals surface area contributed by atoms with Crippen LogP contribution in [0.1, 0.15) is 19.3 Å². The average Bonchev–Trinajstić information content (AvgIpc) is 2.62. The largest absolute Gasteiger partial charge is 0.383 e. The first-order valence-electron chi connectivity index (χ1n) is 5.81. The van der Waals surface area contributed by atoms with E-state index in [4.69, 9.17) is 5.73 Å². The molecule has 3 aliphatic rings. The van der Waals surface area contributed by atoms with Gasteiger partial charge in [-0.3, -0.25) is 0 Å². The van der Waals surface area contributed by atoms with Gasteiger partial charge in [0.2, 0.25) is 0 Å². The summed E-state index contributed by atoms with van der Waals surface area (Å²) in [5.74, 6) is 4.67. The van der Waals surface area contributed by atoms with Gasteiger partial charge in [0.1, 0.15) is 10.8 Å². The van der Waals surface area contributed by atoms with E-state index in [-0.39, 0.29) is 0 Å². The van der Waals surface area contributed by atoms with Crippen LogP contribution >= 0.6 is 11.5 Å². The summed E-state index contributed by atoms with van der Waals surface area (Å²) in [4.78, 5) is 0. The van der Waals surface area contributed by atoms with Crippen molar-refractivity contribution in [3.63, 3.8) is 0 Å². The van der Waals surface area contributed by atoms with Gasteiger partial charge in [-0.05, 0) is 54.5 Å². The Morgan fingerprint density at radius 3 is 2.67 bits per heavy atom. The fraction of sp³-hybridized carbons (Fsp3) is 0.727. The van der Waals surface area contributed by atoms with E-state index in [9.17, 15) is 0 Å². The van der Waals surface area contributed by atoms with Gasteiger partial charge in [0, 0.05) is 12.1 Å². The highest BCUT2D eigenvalue weighted by Crippen LogP contribution is 2.66. The van der Waals surface area contributed by atoms with Crippen LogP contribution in [0.15, 0.2) is 6.07 Å². The molecule has 80 valence electrons. The number of nitrogen functional groups attached to an aromatic ring is 1. The highest BCUT2D eigenvalue weighted by molar-refractivity contribution is 7.10. The van der Waals surface area contributed by atoms with Crippen molar-refractivity contribution in [1.82, 2.24) is 4.37 Å². The summed E-state index contributed by atoms with van der Waals surface area (Å²) in [5, 5.41) is 4.77. The van der Waals surface area contributed by atoms with Gasteiger partial charge in [0.25, 0.3) is 0 Å². The summed E-state index contributed by atoms with van der Waals surface area (Å²) < 4.78 is 4.10. The highest BCUT2D eigenvalue weighted by Gasteiger charge is 2.65. The first kappa shape index (κ1) is 8.39. The van der Waals surface area contributed by atoms with Crippen LogP contribution in [0.5, 0.6) is 0 Å². The standard InChI is InChI=1S/C11H15N3S/c12-7-4-8(15-14-7)13-11-9-5-1-2-6(3-5)10(9)11/h4-6,9-11,13H,1-3H2,(H2,12,14). The molecule has 2 bridgehead atoms. The van der Waals surface area contributed by atoms with Gasteiger partial charge in [-0.25, -0.2) is 0 Å². The third-order valence-corrected chi connectivity index (χ3v) is 5.31. The number of nitrogens with one attached hydrogen (secondary N) is 1. The predicted molar refractivity (Wildman–Crippen MR) is 61.7 cm³/mol. The molecule has 0 spiro atoms. The maximum absolute atomic E-state index is 5.62. The molecule has 0 aromatic carbocycles. The van der Waals surface area contributed by atoms with Crippen LogP contribution in [-0.2, 0) is 0 Å². The van der Waals surface area contributed by atoms with Crippen LogP contribution < -0.4 is 11.1 Å². The summed E-state index contributed by atoms with van der Waals surface area (Å²) in [6, 6.07) is 2.71. The summed E-state index contributed by atoms with van der Waals surface area (Å²) in [6.45, 7) is 0. The zero-order valence-electron chi connectivity index (χ0n) is 8.52. The lowest BCUT2D eigenvalue weighted by molar-refractivity contribution is 0.456. The van der Waals surface area contributed by atoms with Crippen LogP contribution in [0.25, 0.3) is 0 Å². The Balaban J connectivity index is 1.50. The fourth-order valence-corrected chi connectivity index (χ4v) is 4.66. The van der Waals surface area contributed by atoms with Crippen molar-refractivity contribution in [1.29, 1.82) is 0 Å². The van der Waals surface area contributed by atoms with E-state index in [0.29, 0.717) is 5.82 Å². The molecule has 1 heterocycles. The molecule has 3 fully saturated rings. The van der Waals surface area contributed by atoms with Gasteiger partial charge in [-0.2, -0.15) is 4.37 Å². The minimum Gasteiger partial charge on any atom is -0.383 e. The Bertz CT molecular complexity index is 386. The summed E-state index contributed by atoms with van der Waals surface area (Å²) in [7, 11) is 0. The molecule has 0 radical (unpaired) electrons. The molecule has 1 aromatic heterocycles. The molecule has 0 saturated heterocycles. The average molecular weight is 221 g/mol. The number of hydrogen-bond donors (Lipinski definition) is 2. The first-order valence-corrected chi connectivity index (χ1v) is 6.59.